The summed E-state index contributed by atoms with van der Waals surface area (Å²) in [6.07, 6.45) is 3.44. The molecule has 102 valence electrons. The Labute approximate surface area is 125 Å². The Bertz CT molecular complexity index is 756. The van der Waals surface area contributed by atoms with Gasteiger partial charge in [-0.3, -0.25) is 4.98 Å². The van der Waals surface area contributed by atoms with Crippen LogP contribution in [0.25, 0.3) is 22.4 Å². The monoisotopic (exact) mass is 307 g/mol. The Morgan fingerprint density at radius 2 is 2.00 bits per heavy atom. The number of halogens is 2. The summed E-state index contributed by atoms with van der Waals surface area (Å²) >= 11 is 12.1. The molecule has 2 heterocycles. The molecule has 3 rings (SSSR count). The van der Waals surface area contributed by atoms with Gasteiger partial charge in [0.2, 0.25) is 0 Å². The lowest BCUT2D eigenvalue weighted by molar-refractivity contribution is 0.278. The molecule has 0 saturated carbocycles. The third-order valence-corrected chi connectivity index (χ3v) is 3.76. The molecule has 20 heavy (non-hydrogen) atoms. The van der Waals surface area contributed by atoms with E-state index in [1.54, 1.807) is 24.5 Å². The van der Waals surface area contributed by atoms with Crippen LogP contribution in [0.15, 0.2) is 36.7 Å². The first-order chi connectivity index (χ1) is 9.70. The van der Waals surface area contributed by atoms with Crippen molar-refractivity contribution in [1.29, 1.82) is 0 Å². The van der Waals surface area contributed by atoms with Gasteiger partial charge in [0.1, 0.15) is 5.82 Å². The van der Waals surface area contributed by atoms with Crippen molar-refractivity contribution in [2.75, 3.05) is 6.61 Å². The molecule has 2 aromatic heterocycles. The minimum atomic E-state index is 0.0129. The Kier molecular flexibility index (Phi) is 3.61. The fourth-order valence-corrected chi connectivity index (χ4v) is 2.48. The van der Waals surface area contributed by atoms with Crippen LogP contribution in [0, 0.1) is 0 Å². The van der Waals surface area contributed by atoms with Crippen molar-refractivity contribution in [3.05, 3.63) is 46.7 Å². The second kappa shape index (κ2) is 5.40. The minimum Gasteiger partial charge on any atom is -0.395 e. The Balaban J connectivity index is 2.28. The van der Waals surface area contributed by atoms with Crippen LogP contribution in [0.1, 0.15) is 0 Å². The minimum absolute atomic E-state index is 0.0129. The number of pyridine rings is 1. The van der Waals surface area contributed by atoms with Crippen molar-refractivity contribution in [2.24, 2.45) is 0 Å². The van der Waals surface area contributed by atoms with Gasteiger partial charge < -0.3 is 9.67 Å². The molecule has 0 radical (unpaired) electrons. The predicted octanol–water partition coefficient (Wildman–Crippen LogP) is 3.40. The van der Waals surface area contributed by atoms with E-state index in [4.69, 9.17) is 23.2 Å². The van der Waals surface area contributed by atoms with Crippen molar-refractivity contribution in [3.8, 4) is 11.4 Å². The molecule has 0 aliphatic rings. The van der Waals surface area contributed by atoms with Gasteiger partial charge in [-0.1, -0.05) is 23.2 Å². The zero-order valence-corrected chi connectivity index (χ0v) is 11.9. The summed E-state index contributed by atoms with van der Waals surface area (Å²) in [5, 5.41) is 10.2. The predicted molar refractivity (Wildman–Crippen MR) is 80.1 cm³/mol. The van der Waals surface area contributed by atoms with E-state index in [0.717, 1.165) is 22.4 Å². The van der Waals surface area contributed by atoms with Crippen molar-refractivity contribution >= 4 is 34.2 Å². The third kappa shape index (κ3) is 2.26. The molecule has 0 saturated heterocycles. The van der Waals surface area contributed by atoms with Crippen LogP contribution in [0.4, 0.5) is 0 Å². The number of hydrogen-bond donors (Lipinski definition) is 1. The number of rotatable bonds is 3. The summed E-state index contributed by atoms with van der Waals surface area (Å²) in [5.74, 6) is 0.737. The van der Waals surface area contributed by atoms with E-state index in [1.807, 2.05) is 16.7 Å². The summed E-state index contributed by atoms with van der Waals surface area (Å²) in [7, 11) is 0. The quantitative estimate of drug-likeness (QED) is 0.807. The van der Waals surface area contributed by atoms with E-state index in [2.05, 4.69) is 9.97 Å². The summed E-state index contributed by atoms with van der Waals surface area (Å²) in [5.41, 5.74) is 2.46. The van der Waals surface area contributed by atoms with Crippen LogP contribution in [-0.2, 0) is 6.54 Å². The Hall–Kier alpha value is -1.62. The van der Waals surface area contributed by atoms with Crippen LogP contribution in [0.5, 0.6) is 0 Å². The second-order valence-corrected chi connectivity index (χ2v) is 5.12. The van der Waals surface area contributed by atoms with E-state index in [-0.39, 0.29) is 6.61 Å². The highest BCUT2D eigenvalue weighted by molar-refractivity contribution is 6.42. The molecule has 6 heteroatoms. The fraction of sp³-hybridized carbons (Fsp3) is 0.143. The van der Waals surface area contributed by atoms with Crippen LogP contribution in [0.2, 0.25) is 10.0 Å². The molecule has 3 aromatic rings. The Morgan fingerprint density at radius 3 is 2.70 bits per heavy atom. The number of hydrogen-bond acceptors (Lipinski definition) is 3. The van der Waals surface area contributed by atoms with E-state index in [0.29, 0.717) is 16.6 Å². The molecule has 0 spiro atoms. The number of aliphatic hydroxyl groups is 1. The van der Waals surface area contributed by atoms with Gasteiger partial charge in [-0.25, -0.2) is 4.98 Å². The van der Waals surface area contributed by atoms with E-state index < -0.39 is 0 Å². The largest absolute Gasteiger partial charge is 0.395 e. The van der Waals surface area contributed by atoms with Crippen molar-refractivity contribution in [1.82, 2.24) is 14.5 Å². The van der Waals surface area contributed by atoms with Gasteiger partial charge in [0.15, 0.2) is 0 Å². The topological polar surface area (TPSA) is 50.9 Å². The zero-order chi connectivity index (χ0) is 14.1. The molecule has 1 aromatic carbocycles. The number of benzene rings is 1. The first-order valence-corrected chi connectivity index (χ1v) is 6.83. The first kappa shape index (κ1) is 13.4. The van der Waals surface area contributed by atoms with Crippen LogP contribution < -0.4 is 0 Å². The van der Waals surface area contributed by atoms with Gasteiger partial charge >= 0.3 is 0 Å². The van der Waals surface area contributed by atoms with Gasteiger partial charge in [-0.2, -0.15) is 0 Å². The van der Waals surface area contributed by atoms with E-state index >= 15 is 0 Å². The molecule has 0 fully saturated rings. The van der Waals surface area contributed by atoms with Gasteiger partial charge in [-0.05, 0) is 24.3 Å². The van der Waals surface area contributed by atoms with Crippen molar-refractivity contribution in [2.45, 2.75) is 6.54 Å². The molecule has 0 atom stereocenters. The van der Waals surface area contributed by atoms with E-state index in [1.165, 1.54) is 0 Å². The zero-order valence-electron chi connectivity index (χ0n) is 10.4. The summed E-state index contributed by atoms with van der Waals surface area (Å²) < 4.78 is 1.91. The van der Waals surface area contributed by atoms with Crippen molar-refractivity contribution in [3.63, 3.8) is 0 Å². The number of imidazole rings is 1. The molecule has 0 amide bonds. The average Bonchev–Trinajstić information content (AvgIpc) is 2.79. The molecule has 0 unspecified atom stereocenters. The number of fused-ring (bicyclic) bond motifs is 1. The second-order valence-electron chi connectivity index (χ2n) is 4.31. The SMILES string of the molecule is OCCn1c(-c2cccnc2)nc2cc(Cl)c(Cl)cc21. The highest BCUT2D eigenvalue weighted by Crippen LogP contribution is 2.31. The molecule has 0 aliphatic heterocycles. The fourth-order valence-electron chi connectivity index (χ4n) is 2.16. The molecule has 0 bridgehead atoms. The highest BCUT2D eigenvalue weighted by Gasteiger charge is 2.14. The lowest BCUT2D eigenvalue weighted by Crippen LogP contribution is -2.04. The number of nitrogens with zero attached hydrogens (tertiary/aromatic N) is 3. The lowest BCUT2D eigenvalue weighted by atomic mass is 10.2. The van der Waals surface area contributed by atoms with Crippen LogP contribution in [-0.4, -0.2) is 26.2 Å². The van der Waals surface area contributed by atoms with Crippen LogP contribution >= 0.6 is 23.2 Å². The third-order valence-electron chi connectivity index (χ3n) is 3.03. The lowest BCUT2D eigenvalue weighted by Gasteiger charge is -2.07. The van der Waals surface area contributed by atoms with Gasteiger partial charge in [0.05, 0.1) is 27.7 Å². The molecule has 0 aliphatic carbocycles. The van der Waals surface area contributed by atoms with E-state index in [9.17, 15) is 5.11 Å². The summed E-state index contributed by atoms with van der Waals surface area (Å²) in [6.45, 7) is 0.442. The summed E-state index contributed by atoms with van der Waals surface area (Å²) in [6, 6.07) is 7.26. The van der Waals surface area contributed by atoms with Gasteiger partial charge in [0, 0.05) is 24.5 Å². The smallest absolute Gasteiger partial charge is 0.142 e. The average molecular weight is 308 g/mol. The normalized spacial score (nSPS) is 11.2. The Morgan fingerprint density at radius 1 is 1.20 bits per heavy atom. The number of aromatic nitrogens is 3. The highest BCUT2D eigenvalue weighted by atomic mass is 35.5. The molecular weight excluding hydrogens is 297 g/mol. The van der Waals surface area contributed by atoms with Crippen LogP contribution in [0.3, 0.4) is 0 Å². The van der Waals surface area contributed by atoms with Gasteiger partial charge in [-0.15, -0.1) is 0 Å². The molecule has 4 nitrogen and oxygen atoms in total. The molecule has 1 N–H and O–H groups in total. The maximum absolute atomic E-state index is 9.27. The summed E-state index contributed by atoms with van der Waals surface area (Å²) in [4.78, 5) is 8.67. The maximum atomic E-state index is 9.27. The maximum Gasteiger partial charge on any atom is 0.142 e. The van der Waals surface area contributed by atoms with Crippen molar-refractivity contribution < 1.29 is 5.11 Å². The van der Waals surface area contributed by atoms with Gasteiger partial charge in [0.25, 0.3) is 0 Å². The molecular formula is C14H11Cl2N3O. The standard InChI is InChI=1S/C14H11Cl2N3O/c15-10-6-12-13(7-11(10)16)19(4-5-20)14(18-12)9-2-1-3-17-8-9/h1-3,6-8,20H,4-5H2. The first-order valence-electron chi connectivity index (χ1n) is 6.07. The number of aliphatic hydroxyl groups excluding tert-OH is 1.